The van der Waals surface area contributed by atoms with Gasteiger partial charge in [-0.1, -0.05) is 0 Å². The molecule has 0 aliphatic rings. The number of rotatable bonds is 3. The molecule has 7 heteroatoms. The second kappa shape index (κ2) is 6.09. The van der Waals surface area contributed by atoms with Gasteiger partial charge < -0.3 is 5.32 Å². The standard InChI is InChI=1S/C17H17N3O3S/c1-10(11-6-7-24-9-11)15(21)18-12-4-5-13-14(8-12)19(2)17(23)20(3)16(13)22/h4-10H,1-3H3,(H,18,21). The van der Waals surface area contributed by atoms with E-state index in [4.69, 9.17) is 0 Å². The van der Waals surface area contributed by atoms with Crippen molar-refractivity contribution >= 4 is 33.8 Å². The minimum Gasteiger partial charge on any atom is -0.325 e. The summed E-state index contributed by atoms with van der Waals surface area (Å²) in [6.45, 7) is 1.84. The normalized spacial score (nSPS) is 12.3. The van der Waals surface area contributed by atoms with E-state index in [0.717, 1.165) is 10.1 Å². The van der Waals surface area contributed by atoms with E-state index in [9.17, 15) is 14.4 Å². The highest BCUT2D eigenvalue weighted by Gasteiger charge is 2.16. The number of thiophene rings is 1. The van der Waals surface area contributed by atoms with Crippen LogP contribution in [0, 0.1) is 0 Å². The molecule has 6 nitrogen and oxygen atoms in total. The van der Waals surface area contributed by atoms with E-state index >= 15 is 0 Å². The van der Waals surface area contributed by atoms with E-state index in [2.05, 4.69) is 5.32 Å². The number of fused-ring (bicyclic) bond motifs is 1. The fourth-order valence-electron chi connectivity index (χ4n) is 2.59. The number of carbonyl (C=O) groups is 1. The Kier molecular flexibility index (Phi) is 4.11. The highest BCUT2D eigenvalue weighted by molar-refractivity contribution is 7.08. The Bertz CT molecular complexity index is 1030. The van der Waals surface area contributed by atoms with Crippen molar-refractivity contribution in [3.63, 3.8) is 0 Å². The zero-order valence-electron chi connectivity index (χ0n) is 13.6. The number of benzene rings is 1. The summed E-state index contributed by atoms with van der Waals surface area (Å²) in [6.07, 6.45) is 0. The molecule has 0 aliphatic carbocycles. The van der Waals surface area contributed by atoms with Crippen LogP contribution in [-0.4, -0.2) is 15.0 Å². The average Bonchev–Trinajstić information content (AvgIpc) is 3.11. The van der Waals surface area contributed by atoms with Gasteiger partial charge in [-0.25, -0.2) is 4.79 Å². The van der Waals surface area contributed by atoms with E-state index in [1.54, 1.807) is 36.6 Å². The number of hydrogen-bond donors (Lipinski definition) is 1. The zero-order valence-corrected chi connectivity index (χ0v) is 14.4. The van der Waals surface area contributed by atoms with Gasteiger partial charge in [0.25, 0.3) is 5.56 Å². The molecule has 3 rings (SSSR count). The van der Waals surface area contributed by atoms with Crippen LogP contribution in [0.5, 0.6) is 0 Å². The van der Waals surface area contributed by atoms with Gasteiger partial charge in [0.15, 0.2) is 0 Å². The lowest BCUT2D eigenvalue weighted by atomic mass is 10.0. The molecular weight excluding hydrogens is 326 g/mol. The van der Waals surface area contributed by atoms with E-state index in [0.29, 0.717) is 16.6 Å². The molecule has 2 heterocycles. The molecule has 1 aromatic carbocycles. The first-order valence-corrected chi connectivity index (χ1v) is 8.37. The largest absolute Gasteiger partial charge is 0.330 e. The number of amides is 1. The summed E-state index contributed by atoms with van der Waals surface area (Å²) in [7, 11) is 3.05. The van der Waals surface area contributed by atoms with Gasteiger partial charge in [-0.05, 0) is 47.5 Å². The molecule has 1 atom stereocenters. The predicted octanol–water partition coefficient (Wildman–Crippen LogP) is 2.04. The number of aryl methyl sites for hydroxylation is 1. The molecule has 1 N–H and O–H groups in total. The third-order valence-electron chi connectivity index (χ3n) is 4.17. The molecule has 0 aliphatic heterocycles. The molecule has 0 radical (unpaired) electrons. The summed E-state index contributed by atoms with van der Waals surface area (Å²) in [6, 6.07) is 6.87. The molecule has 124 valence electrons. The SMILES string of the molecule is CC(C(=O)Nc1ccc2c(=O)n(C)c(=O)n(C)c2c1)c1ccsc1. The van der Waals surface area contributed by atoms with Crippen molar-refractivity contribution in [3.05, 3.63) is 61.4 Å². The minimum absolute atomic E-state index is 0.137. The van der Waals surface area contributed by atoms with E-state index in [1.165, 1.54) is 11.6 Å². The molecule has 0 fully saturated rings. The smallest absolute Gasteiger partial charge is 0.325 e. The molecule has 1 unspecified atom stereocenters. The van der Waals surface area contributed by atoms with Gasteiger partial charge in [-0.15, -0.1) is 0 Å². The van der Waals surface area contributed by atoms with Crippen molar-refractivity contribution in [3.8, 4) is 0 Å². The minimum atomic E-state index is -0.400. The summed E-state index contributed by atoms with van der Waals surface area (Å²) in [4.78, 5) is 36.6. The summed E-state index contributed by atoms with van der Waals surface area (Å²) in [5.41, 5.74) is 1.25. The third kappa shape index (κ3) is 2.67. The van der Waals surface area contributed by atoms with Crippen molar-refractivity contribution in [2.24, 2.45) is 14.1 Å². The van der Waals surface area contributed by atoms with Crippen LogP contribution in [0.4, 0.5) is 5.69 Å². The highest BCUT2D eigenvalue weighted by atomic mass is 32.1. The number of aromatic nitrogens is 2. The van der Waals surface area contributed by atoms with Crippen molar-refractivity contribution in [1.82, 2.24) is 9.13 Å². The Balaban J connectivity index is 1.98. The Labute approximate surface area is 142 Å². The monoisotopic (exact) mass is 343 g/mol. The van der Waals surface area contributed by atoms with Gasteiger partial charge >= 0.3 is 5.69 Å². The lowest BCUT2D eigenvalue weighted by Crippen LogP contribution is -2.36. The second-order valence-electron chi connectivity index (χ2n) is 5.71. The van der Waals surface area contributed by atoms with E-state index in [-0.39, 0.29) is 17.4 Å². The molecule has 3 aromatic rings. The molecule has 24 heavy (non-hydrogen) atoms. The van der Waals surface area contributed by atoms with Crippen LogP contribution in [0.25, 0.3) is 10.9 Å². The maximum Gasteiger partial charge on any atom is 0.330 e. The van der Waals surface area contributed by atoms with Gasteiger partial charge in [-0.3, -0.25) is 18.7 Å². The molecule has 0 saturated heterocycles. The second-order valence-corrected chi connectivity index (χ2v) is 6.49. The lowest BCUT2D eigenvalue weighted by Gasteiger charge is -2.13. The average molecular weight is 343 g/mol. The van der Waals surface area contributed by atoms with Crippen LogP contribution in [0.1, 0.15) is 18.4 Å². The van der Waals surface area contributed by atoms with Gasteiger partial charge in [0.05, 0.1) is 16.8 Å². The number of hydrogen-bond acceptors (Lipinski definition) is 4. The van der Waals surface area contributed by atoms with E-state index < -0.39 is 5.69 Å². The molecule has 0 spiro atoms. The first-order valence-electron chi connectivity index (χ1n) is 7.43. The summed E-state index contributed by atoms with van der Waals surface area (Å²) >= 11 is 1.54. The maximum absolute atomic E-state index is 12.4. The Morgan fingerprint density at radius 3 is 2.58 bits per heavy atom. The predicted molar refractivity (Wildman–Crippen MR) is 95.8 cm³/mol. The summed E-state index contributed by atoms with van der Waals surface area (Å²) < 4.78 is 2.47. The van der Waals surface area contributed by atoms with Crippen LogP contribution in [0.2, 0.25) is 0 Å². The van der Waals surface area contributed by atoms with Gasteiger partial charge in [-0.2, -0.15) is 11.3 Å². The highest BCUT2D eigenvalue weighted by Crippen LogP contribution is 2.21. The molecule has 0 bridgehead atoms. The molecule has 2 aromatic heterocycles. The molecule has 1 amide bonds. The topological polar surface area (TPSA) is 73.1 Å². The molecule has 0 saturated carbocycles. The molecular formula is C17H17N3O3S. The Morgan fingerprint density at radius 2 is 1.92 bits per heavy atom. The van der Waals surface area contributed by atoms with Gasteiger partial charge in [0.2, 0.25) is 5.91 Å². The van der Waals surface area contributed by atoms with Gasteiger partial charge in [0, 0.05) is 19.8 Å². The quantitative estimate of drug-likeness (QED) is 0.791. The fraction of sp³-hybridized carbons (Fsp3) is 0.235. The van der Waals surface area contributed by atoms with E-state index in [1.807, 2.05) is 23.8 Å². The Morgan fingerprint density at radius 1 is 1.17 bits per heavy atom. The van der Waals surface area contributed by atoms with Crippen molar-refractivity contribution in [2.45, 2.75) is 12.8 Å². The number of nitrogens with one attached hydrogen (secondary N) is 1. The van der Waals surface area contributed by atoms with Crippen molar-refractivity contribution < 1.29 is 4.79 Å². The number of carbonyl (C=O) groups excluding carboxylic acids is 1. The summed E-state index contributed by atoms with van der Waals surface area (Å²) in [5.74, 6) is -0.416. The van der Waals surface area contributed by atoms with Crippen LogP contribution >= 0.6 is 11.3 Å². The van der Waals surface area contributed by atoms with Crippen LogP contribution in [-0.2, 0) is 18.9 Å². The maximum atomic E-state index is 12.4. The first-order chi connectivity index (χ1) is 11.4. The van der Waals surface area contributed by atoms with Crippen molar-refractivity contribution in [2.75, 3.05) is 5.32 Å². The van der Waals surface area contributed by atoms with Gasteiger partial charge in [0.1, 0.15) is 0 Å². The Hall–Kier alpha value is -2.67. The van der Waals surface area contributed by atoms with Crippen molar-refractivity contribution in [1.29, 1.82) is 0 Å². The lowest BCUT2D eigenvalue weighted by molar-refractivity contribution is -0.117. The number of anilines is 1. The van der Waals surface area contributed by atoms with Crippen LogP contribution in [0.3, 0.4) is 0 Å². The van der Waals surface area contributed by atoms with Crippen LogP contribution in [0.15, 0.2) is 44.6 Å². The fourth-order valence-corrected chi connectivity index (χ4v) is 3.34. The third-order valence-corrected chi connectivity index (χ3v) is 4.87. The van der Waals surface area contributed by atoms with Crippen LogP contribution < -0.4 is 16.6 Å². The zero-order chi connectivity index (χ0) is 17.4. The summed E-state index contributed by atoms with van der Waals surface area (Å²) in [5, 5.41) is 7.15. The number of nitrogens with zero attached hydrogens (tertiary/aromatic N) is 2. The first kappa shape index (κ1) is 16.2.